The lowest BCUT2D eigenvalue weighted by molar-refractivity contribution is -0.114. The molecule has 0 bridgehead atoms. The van der Waals surface area contributed by atoms with Gasteiger partial charge in [0.1, 0.15) is 12.4 Å². The number of nitrogens with one attached hydrogen (secondary N) is 2. The number of amides is 1. The van der Waals surface area contributed by atoms with E-state index in [0.717, 1.165) is 22.7 Å². The first-order valence-corrected chi connectivity index (χ1v) is 8.50. The average molecular weight is 342 g/mol. The van der Waals surface area contributed by atoms with Crippen molar-refractivity contribution in [2.75, 3.05) is 37.0 Å². The Hall–Kier alpha value is -2.53. The molecule has 0 spiro atoms. The number of rotatable bonds is 9. The summed E-state index contributed by atoms with van der Waals surface area (Å²) in [6, 6.07) is 13.4. The van der Waals surface area contributed by atoms with Crippen molar-refractivity contribution in [3.05, 3.63) is 53.6 Å². The van der Waals surface area contributed by atoms with E-state index in [-0.39, 0.29) is 12.5 Å². The van der Waals surface area contributed by atoms with Crippen LogP contribution in [0.25, 0.3) is 0 Å². The third-order valence-electron chi connectivity index (χ3n) is 3.80. The van der Waals surface area contributed by atoms with Crippen LogP contribution in [-0.4, -0.2) is 32.3 Å². The molecule has 2 aromatic rings. The van der Waals surface area contributed by atoms with E-state index in [1.807, 2.05) is 63.2 Å². The maximum atomic E-state index is 12.0. The van der Waals surface area contributed by atoms with Crippen LogP contribution in [0.1, 0.15) is 18.1 Å². The van der Waals surface area contributed by atoms with Crippen molar-refractivity contribution < 1.29 is 14.3 Å². The summed E-state index contributed by atoms with van der Waals surface area (Å²) < 4.78 is 10.8. The van der Waals surface area contributed by atoms with Crippen LogP contribution in [-0.2, 0) is 9.53 Å². The SMILES string of the molecule is CCOCCOc1ccc(NCC(=O)Nc2ccc(C)c(C)c2)cc1. The monoisotopic (exact) mass is 342 g/mol. The fraction of sp³-hybridized carbons (Fsp3) is 0.350. The predicted molar refractivity (Wildman–Crippen MR) is 101 cm³/mol. The number of hydrogen-bond acceptors (Lipinski definition) is 4. The maximum absolute atomic E-state index is 12.0. The van der Waals surface area contributed by atoms with Crippen LogP contribution in [0.4, 0.5) is 11.4 Å². The predicted octanol–water partition coefficient (Wildman–Crippen LogP) is 3.77. The molecule has 2 aromatic carbocycles. The summed E-state index contributed by atoms with van der Waals surface area (Å²) in [6.45, 7) is 8.03. The van der Waals surface area contributed by atoms with Crippen LogP contribution in [0.15, 0.2) is 42.5 Å². The Morgan fingerprint density at radius 3 is 2.36 bits per heavy atom. The molecule has 2 N–H and O–H groups in total. The second kappa shape index (κ2) is 9.69. The molecule has 0 aromatic heterocycles. The molecule has 0 unspecified atom stereocenters. The largest absolute Gasteiger partial charge is 0.491 e. The Morgan fingerprint density at radius 2 is 1.68 bits per heavy atom. The van der Waals surface area contributed by atoms with Gasteiger partial charge in [0.25, 0.3) is 0 Å². The van der Waals surface area contributed by atoms with Gasteiger partial charge in [0.15, 0.2) is 0 Å². The summed E-state index contributed by atoms with van der Waals surface area (Å²) in [5, 5.41) is 5.99. The van der Waals surface area contributed by atoms with Crippen molar-refractivity contribution in [2.24, 2.45) is 0 Å². The zero-order valence-electron chi connectivity index (χ0n) is 15.1. The Morgan fingerprint density at radius 1 is 0.960 bits per heavy atom. The standard InChI is InChI=1S/C20H26N2O3/c1-4-24-11-12-25-19-9-7-17(8-10-19)21-14-20(23)22-18-6-5-15(2)16(3)13-18/h5-10,13,21H,4,11-12,14H2,1-3H3,(H,22,23). The summed E-state index contributed by atoms with van der Waals surface area (Å²) in [7, 11) is 0. The third kappa shape index (κ3) is 6.47. The fourth-order valence-corrected chi connectivity index (χ4v) is 2.24. The number of carbonyl (C=O) groups is 1. The lowest BCUT2D eigenvalue weighted by Crippen LogP contribution is -2.21. The molecule has 2 rings (SSSR count). The molecule has 0 fully saturated rings. The van der Waals surface area contributed by atoms with E-state index in [4.69, 9.17) is 9.47 Å². The molecule has 0 saturated carbocycles. The first-order valence-electron chi connectivity index (χ1n) is 8.50. The highest BCUT2D eigenvalue weighted by Gasteiger charge is 2.04. The molecular weight excluding hydrogens is 316 g/mol. The molecule has 0 radical (unpaired) electrons. The van der Waals surface area contributed by atoms with E-state index in [0.29, 0.717) is 19.8 Å². The minimum Gasteiger partial charge on any atom is -0.491 e. The molecule has 5 nitrogen and oxygen atoms in total. The summed E-state index contributed by atoms with van der Waals surface area (Å²) in [4.78, 5) is 12.0. The molecule has 25 heavy (non-hydrogen) atoms. The van der Waals surface area contributed by atoms with Crippen LogP contribution in [0.5, 0.6) is 5.75 Å². The van der Waals surface area contributed by atoms with Gasteiger partial charge in [-0.15, -0.1) is 0 Å². The van der Waals surface area contributed by atoms with Crippen LogP contribution in [0.2, 0.25) is 0 Å². The van der Waals surface area contributed by atoms with E-state index < -0.39 is 0 Å². The van der Waals surface area contributed by atoms with Crippen molar-refractivity contribution in [3.8, 4) is 5.75 Å². The minimum atomic E-state index is -0.0831. The molecule has 0 aliphatic heterocycles. The summed E-state index contributed by atoms with van der Waals surface area (Å²) in [5.41, 5.74) is 4.05. The third-order valence-corrected chi connectivity index (χ3v) is 3.80. The number of carbonyl (C=O) groups excluding carboxylic acids is 1. The summed E-state index contributed by atoms with van der Waals surface area (Å²) >= 11 is 0. The van der Waals surface area contributed by atoms with Crippen LogP contribution < -0.4 is 15.4 Å². The first-order chi connectivity index (χ1) is 12.1. The molecule has 1 amide bonds. The molecular formula is C20H26N2O3. The van der Waals surface area contributed by atoms with E-state index in [9.17, 15) is 4.79 Å². The van der Waals surface area contributed by atoms with Gasteiger partial charge in [-0.25, -0.2) is 0 Å². The molecule has 0 aliphatic carbocycles. The number of ether oxygens (including phenoxy) is 2. The molecule has 0 saturated heterocycles. The number of hydrogen-bond donors (Lipinski definition) is 2. The topological polar surface area (TPSA) is 59.6 Å². The average Bonchev–Trinajstić information content (AvgIpc) is 2.61. The van der Waals surface area contributed by atoms with Gasteiger partial charge in [-0.3, -0.25) is 4.79 Å². The number of benzene rings is 2. The van der Waals surface area contributed by atoms with Gasteiger partial charge in [0.2, 0.25) is 5.91 Å². The Bertz CT molecular complexity index is 684. The Labute approximate surface area is 149 Å². The highest BCUT2D eigenvalue weighted by molar-refractivity contribution is 5.93. The number of aryl methyl sites for hydroxylation is 2. The van der Waals surface area contributed by atoms with Crippen LogP contribution in [0, 0.1) is 13.8 Å². The molecule has 134 valence electrons. The van der Waals surface area contributed by atoms with E-state index in [1.165, 1.54) is 5.56 Å². The quantitative estimate of drug-likeness (QED) is 0.681. The maximum Gasteiger partial charge on any atom is 0.243 e. The zero-order valence-corrected chi connectivity index (χ0v) is 15.1. The highest BCUT2D eigenvalue weighted by Crippen LogP contribution is 2.16. The minimum absolute atomic E-state index is 0.0831. The first kappa shape index (κ1) is 18.8. The Kier molecular flexibility index (Phi) is 7.29. The zero-order chi connectivity index (χ0) is 18.1. The van der Waals surface area contributed by atoms with Crippen molar-refractivity contribution >= 4 is 17.3 Å². The van der Waals surface area contributed by atoms with Gasteiger partial charge in [0.05, 0.1) is 13.2 Å². The van der Waals surface area contributed by atoms with Gasteiger partial charge < -0.3 is 20.1 Å². The van der Waals surface area contributed by atoms with Gasteiger partial charge in [-0.2, -0.15) is 0 Å². The molecule has 0 atom stereocenters. The van der Waals surface area contributed by atoms with E-state index in [2.05, 4.69) is 10.6 Å². The molecule has 0 heterocycles. The lowest BCUT2D eigenvalue weighted by Gasteiger charge is -2.10. The van der Waals surface area contributed by atoms with E-state index >= 15 is 0 Å². The van der Waals surface area contributed by atoms with Crippen molar-refractivity contribution in [2.45, 2.75) is 20.8 Å². The van der Waals surface area contributed by atoms with Crippen molar-refractivity contribution in [1.82, 2.24) is 0 Å². The van der Waals surface area contributed by atoms with Crippen LogP contribution in [0.3, 0.4) is 0 Å². The fourth-order valence-electron chi connectivity index (χ4n) is 2.24. The lowest BCUT2D eigenvalue weighted by atomic mass is 10.1. The second-order valence-corrected chi connectivity index (χ2v) is 5.77. The Balaban J connectivity index is 1.76. The molecule has 5 heteroatoms. The van der Waals surface area contributed by atoms with Crippen LogP contribution >= 0.6 is 0 Å². The van der Waals surface area contributed by atoms with Gasteiger partial charge in [-0.1, -0.05) is 6.07 Å². The van der Waals surface area contributed by atoms with Crippen molar-refractivity contribution in [3.63, 3.8) is 0 Å². The highest BCUT2D eigenvalue weighted by atomic mass is 16.5. The smallest absolute Gasteiger partial charge is 0.243 e. The second-order valence-electron chi connectivity index (χ2n) is 5.77. The van der Waals surface area contributed by atoms with Gasteiger partial charge in [-0.05, 0) is 68.3 Å². The molecule has 0 aliphatic rings. The number of anilines is 2. The van der Waals surface area contributed by atoms with Crippen molar-refractivity contribution in [1.29, 1.82) is 0 Å². The van der Waals surface area contributed by atoms with Gasteiger partial charge in [0, 0.05) is 18.0 Å². The normalized spacial score (nSPS) is 10.4. The summed E-state index contributed by atoms with van der Waals surface area (Å²) in [6.07, 6.45) is 0. The van der Waals surface area contributed by atoms with E-state index in [1.54, 1.807) is 0 Å². The van der Waals surface area contributed by atoms with Gasteiger partial charge >= 0.3 is 0 Å². The summed E-state index contributed by atoms with van der Waals surface area (Å²) in [5.74, 6) is 0.699.